The molecule has 2 amide bonds. The number of aromatic nitrogens is 2. The molecule has 11 heteroatoms. The minimum absolute atomic E-state index is 0.0451. The van der Waals surface area contributed by atoms with E-state index in [2.05, 4.69) is 25.4 Å². The standard InChI is InChI=1S/C32H42FN7O3/c1-38-25-18-34-30(36-27(25)40(21-8-4-3-5-9-21)19-31(10-11-31)29(38)42)35-24-17-23(33)22(16-26(24)43-2)28(41)37-32(12-13-32)20-39-14-6-7-15-39/h16-18,21H,3-15,19-20H2,1-2H3,(H,37,41)(H,34,35,36). The number of nitrogens with one attached hydrogen (secondary N) is 2. The van der Waals surface area contributed by atoms with Crippen molar-refractivity contribution >= 4 is 35.0 Å². The minimum atomic E-state index is -0.641. The van der Waals surface area contributed by atoms with Gasteiger partial charge in [-0.1, -0.05) is 19.3 Å². The summed E-state index contributed by atoms with van der Waals surface area (Å²) in [5.41, 5.74) is 0.354. The topological polar surface area (TPSA) is 103 Å². The molecule has 3 aliphatic carbocycles. The molecule has 1 saturated heterocycles. The number of benzene rings is 1. The van der Waals surface area contributed by atoms with Crippen molar-refractivity contribution in [1.29, 1.82) is 0 Å². The molecule has 0 radical (unpaired) electrons. The Morgan fingerprint density at radius 2 is 1.84 bits per heavy atom. The molecular weight excluding hydrogens is 549 g/mol. The Kier molecular flexibility index (Phi) is 7.18. The third-order valence-electron chi connectivity index (χ3n) is 10.2. The highest BCUT2D eigenvalue weighted by molar-refractivity contribution is 6.03. The number of amides is 2. The number of anilines is 4. The van der Waals surface area contributed by atoms with E-state index < -0.39 is 11.7 Å². The maximum atomic E-state index is 15.5. The molecule has 43 heavy (non-hydrogen) atoms. The van der Waals surface area contributed by atoms with Crippen molar-refractivity contribution in [3.8, 4) is 5.75 Å². The number of hydrogen-bond donors (Lipinski definition) is 2. The van der Waals surface area contributed by atoms with E-state index in [9.17, 15) is 9.59 Å². The lowest BCUT2D eigenvalue weighted by atomic mass is 9.93. The van der Waals surface area contributed by atoms with Crippen LogP contribution < -0.4 is 25.2 Å². The van der Waals surface area contributed by atoms with Gasteiger partial charge in [-0.15, -0.1) is 0 Å². The van der Waals surface area contributed by atoms with Gasteiger partial charge in [0.1, 0.15) is 17.3 Å². The Bertz CT molecular complexity index is 1410. The second kappa shape index (κ2) is 10.9. The van der Waals surface area contributed by atoms with Crippen LogP contribution in [0.4, 0.5) is 27.5 Å². The second-order valence-corrected chi connectivity index (χ2v) is 13.3. The lowest BCUT2D eigenvalue weighted by Crippen LogP contribution is -2.45. The van der Waals surface area contributed by atoms with Crippen LogP contribution in [0.15, 0.2) is 18.3 Å². The van der Waals surface area contributed by atoms with Crippen LogP contribution in [0.2, 0.25) is 0 Å². The molecule has 10 nitrogen and oxygen atoms in total. The molecule has 1 spiro atoms. The van der Waals surface area contributed by atoms with Crippen molar-refractivity contribution in [2.45, 2.75) is 82.2 Å². The van der Waals surface area contributed by atoms with E-state index in [1.54, 1.807) is 18.1 Å². The summed E-state index contributed by atoms with van der Waals surface area (Å²) < 4.78 is 21.1. The van der Waals surface area contributed by atoms with E-state index in [4.69, 9.17) is 9.72 Å². The smallest absolute Gasteiger partial charge is 0.254 e. The fourth-order valence-electron chi connectivity index (χ4n) is 7.29. The van der Waals surface area contributed by atoms with Gasteiger partial charge in [-0.25, -0.2) is 9.37 Å². The number of nitrogens with zero attached hydrogens (tertiary/aromatic N) is 5. The molecule has 0 atom stereocenters. The Morgan fingerprint density at radius 1 is 1.09 bits per heavy atom. The predicted molar refractivity (Wildman–Crippen MR) is 163 cm³/mol. The third kappa shape index (κ3) is 5.41. The summed E-state index contributed by atoms with van der Waals surface area (Å²) in [7, 11) is 3.30. The van der Waals surface area contributed by atoms with Crippen LogP contribution in [-0.2, 0) is 4.79 Å². The summed E-state index contributed by atoms with van der Waals surface area (Å²) in [6.45, 7) is 3.57. The first-order chi connectivity index (χ1) is 20.8. The fraction of sp³-hybridized carbons (Fsp3) is 0.625. The highest BCUT2D eigenvalue weighted by atomic mass is 19.1. The van der Waals surface area contributed by atoms with Crippen LogP contribution >= 0.6 is 0 Å². The number of likely N-dealkylation sites (tertiary alicyclic amines) is 1. The van der Waals surface area contributed by atoms with Gasteiger partial charge < -0.3 is 30.1 Å². The van der Waals surface area contributed by atoms with Gasteiger partial charge in [0.2, 0.25) is 11.9 Å². The second-order valence-electron chi connectivity index (χ2n) is 13.3. The van der Waals surface area contributed by atoms with Crippen molar-refractivity contribution in [3.05, 3.63) is 29.7 Å². The molecule has 7 rings (SSSR count). The average Bonchev–Trinajstić information content (AvgIpc) is 3.92. The monoisotopic (exact) mass is 591 g/mol. The first kappa shape index (κ1) is 28.3. The zero-order chi connectivity index (χ0) is 29.8. The van der Waals surface area contributed by atoms with E-state index in [1.165, 1.54) is 51.3 Å². The molecule has 1 aromatic carbocycles. The van der Waals surface area contributed by atoms with Crippen LogP contribution in [-0.4, -0.2) is 78.6 Å². The summed E-state index contributed by atoms with van der Waals surface area (Å²) in [6, 6.07) is 3.04. The minimum Gasteiger partial charge on any atom is -0.495 e. The first-order valence-corrected chi connectivity index (χ1v) is 15.9. The SMILES string of the molecule is COc1cc(C(=O)NC2(CN3CCCC3)CC2)c(F)cc1Nc1ncc2c(n1)N(C1CCCCC1)CC1(CC1)C(=O)N2C. The summed E-state index contributed by atoms with van der Waals surface area (Å²) in [5, 5.41) is 6.25. The molecule has 230 valence electrons. The molecule has 0 bridgehead atoms. The van der Waals surface area contributed by atoms with Crippen LogP contribution in [0.25, 0.3) is 0 Å². The van der Waals surface area contributed by atoms with Gasteiger partial charge in [-0.05, 0) is 70.5 Å². The molecule has 3 saturated carbocycles. The van der Waals surface area contributed by atoms with Crippen molar-refractivity contribution in [1.82, 2.24) is 20.2 Å². The number of hydrogen-bond acceptors (Lipinski definition) is 8. The summed E-state index contributed by atoms with van der Waals surface area (Å²) in [6.07, 6.45) is 13.4. The number of halogens is 1. The van der Waals surface area contributed by atoms with Crippen LogP contribution in [0.5, 0.6) is 5.75 Å². The van der Waals surface area contributed by atoms with Crippen molar-refractivity contribution < 1.29 is 18.7 Å². The van der Waals surface area contributed by atoms with E-state index in [-0.39, 0.29) is 28.4 Å². The summed E-state index contributed by atoms with van der Waals surface area (Å²) in [5.74, 6) is 0.393. The van der Waals surface area contributed by atoms with Crippen molar-refractivity contribution in [2.75, 3.05) is 55.5 Å². The first-order valence-electron chi connectivity index (χ1n) is 15.9. The quantitative estimate of drug-likeness (QED) is 0.459. The number of rotatable bonds is 8. The zero-order valence-electron chi connectivity index (χ0n) is 25.3. The molecule has 3 heterocycles. The van der Waals surface area contributed by atoms with Crippen LogP contribution in [0.1, 0.15) is 81.0 Å². The Morgan fingerprint density at radius 3 is 2.51 bits per heavy atom. The van der Waals surface area contributed by atoms with Gasteiger partial charge in [0, 0.05) is 32.2 Å². The number of methoxy groups -OCH3 is 1. The molecule has 2 aromatic rings. The van der Waals surface area contributed by atoms with E-state index in [0.717, 1.165) is 64.0 Å². The maximum Gasteiger partial charge on any atom is 0.254 e. The lowest BCUT2D eigenvalue weighted by Gasteiger charge is -2.36. The molecule has 2 aliphatic heterocycles. The Balaban J connectivity index is 1.14. The van der Waals surface area contributed by atoms with Crippen molar-refractivity contribution in [3.63, 3.8) is 0 Å². The molecule has 4 fully saturated rings. The highest BCUT2D eigenvalue weighted by Crippen LogP contribution is 2.52. The number of carbonyl (C=O) groups is 2. The van der Waals surface area contributed by atoms with Crippen LogP contribution in [0, 0.1) is 11.2 Å². The summed E-state index contributed by atoms with van der Waals surface area (Å²) >= 11 is 0. The fourth-order valence-corrected chi connectivity index (χ4v) is 7.29. The molecule has 1 aromatic heterocycles. The zero-order valence-corrected chi connectivity index (χ0v) is 25.3. The van der Waals surface area contributed by atoms with Gasteiger partial charge in [-0.3, -0.25) is 9.59 Å². The maximum absolute atomic E-state index is 15.5. The van der Waals surface area contributed by atoms with E-state index in [0.29, 0.717) is 29.7 Å². The van der Waals surface area contributed by atoms with Gasteiger partial charge in [0.05, 0.1) is 35.5 Å². The van der Waals surface area contributed by atoms with E-state index >= 15 is 4.39 Å². The highest BCUT2D eigenvalue weighted by Gasteiger charge is 2.55. The Hall–Kier alpha value is -3.47. The number of ether oxygens (including phenoxy) is 1. The largest absolute Gasteiger partial charge is 0.495 e. The third-order valence-corrected chi connectivity index (χ3v) is 10.2. The van der Waals surface area contributed by atoms with Gasteiger partial charge in [0.25, 0.3) is 5.91 Å². The molecule has 5 aliphatic rings. The van der Waals surface area contributed by atoms with Crippen molar-refractivity contribution in [2.24, 2.45) is 5.41 Å². The molecule has 0 unspecified atom stereocenters. The predicted octanol–water partition coefficient (Wildman–Crippen LogP) is 4.62. The molecular formula is C32H42FN7O3. The van der Waals surface area contributed by atoms with E-state index in [1.807, 2.05) is 0 Å². The van der Waals surface area contributed by atoms with Gasteiger partial charge >= 0.3 is 0 Å². The number of carbonyl (C=O) groups excluding carboxylic acids is 2. The molecule has 2 N–H and O–H groups in total. The lowest BCUT2D eigenvalue weighted by molar-refractivity contribution is -0.123. The normalized spacial score (nSPS) is 22.7. The van der Waals surface area contributed by atoms with Crippen LogP contribution in [0.3, 0.4) is 0 Å². The Labute approximate surface area is 252 Å². The average molecular weight is 592 g/mol. The summed E-state index contributed by atoms with van der Waals surface area (Å²) in [4.78, 5) is 42.5. The van der Waals surface area contributed by atoms with Gasteiger partial charge in [0.15, 0.2) is 5.82 Å². The van der Waals surface area contributed by atoms with Gasteiger partial charge in [-0.2, -0.15) is 4.98 Å². The number of fused-ring (bicyclic) bond motifs is 1.